The molecule has 2 aromatic rings. The van der Waals surface area contributed by atoms with Gasteiger partial charge in [0.2, 0.25) is 0 Å². The Morgan fingerprint density at radius 2 is 1.83 bits per heavy atom. The summed E-state index contributed by atoms with van der Waals surface area (Å²) in [6, 6.07) is 7.86. The molecule has 1 atom stereocenters. The van der Waals surface area contributed by atoms with Crippen molar-refractivity contribution in [3.8, 4) is 17.0 Å². The summed E-state index contributed by atoms with van der Waals surface area (Å²) in [5.74, 6) is 1.67. The number of ether oxygens (including phenoxy) is 1. The highest BCUT2D eigenvalue weighted by molar-refractivity contribution is 5.59. The monoisotopic (exact) mass is 245 g/mol. The minimum Gasteiger partial charge on any atom is -0.491 e. The number of H-pyrrole nitrogens is 1. The van der Waals surface area contributed by atoms with Gasteiger partial charge in [0.25, 0.3) is 0 Å². The predicted octanol–water partition coefficient (Wildman–Crippen LogP) is 2.88. The lowest BCUT2D eigenvalue weighted by molar-refractivity contribution is 0.242. The molecule has 18 heavy (non-hydrogen) atoms. The summed E-state index contributed by atoms with van der Waals surface area (Å²) in [7, 11) is 0. The van der Waals surface area contributed by atoms with Gasteiger partial charge in [0.15, 0.2) is 0 Å². The largest absolute Gasteiger partial charge is 0.491 e. The topological polar surface area (TPSA) is 63.9 Å². The van der Waals surface area contributed by atoms with Crippen molar-refractivity contribution in [3.63, 3.8) is 0 Å². The van der Waals surface area contributed by atoms with Crippen LogP contribution in [0.25, 0.3) is 11.3 Å². The van der Waals surface area contributed by atoms with Crippen LogP contribution in [0.5, 0.6) is 5.75 Å². The van der Waals surface area contributed by atoms with E-state index in [4.69, 9.17) is 10.5 Å². The van der Waals surface area contributed by atoms with Gasteiger partial charge in [-0.15, -0.1) is 0 Å². The second-order valence-electron chi connectivity index (χ2n) is 4.66. The summed E-state index contributed by atoms with van der Waals surface area (Å²) >= 11 is 0. The number of nitrogens with one attached hydrogen (secondary N) is 1. The summed E-state index contributed by atoms with van der Waals surface area (Å²) in [4.78, 5) is 7.46. The standard InChI is InChI=1S/C14H19N3O/c1-9(2)18-12-6-4-11(5-7-12)13-8-16-14(17-13)10(3)15/h4-10H,15H2,1-3H3,(H,16,17). The molecule has 1 aromatic carbocycles. The second-order valence-corrected chi connectivity index (χ2v) is 4.66. The fraction of sp³-hybridized carbons (Fsp3) is 0.357. The number of aromatic nitrogens is 2. The molecule has 0 saturated heterocycles. The molecular weight excluding hydrogens is 226 g/mol. The molecule has 1 aromatic heterocycles. The number of benzene rings is 1. The molecule has 96 valence electrons. The number of nitrogens with zero attached hydrogens (tertiary/aromatic N) is 1. The molecule has 0 radical (unpaired) electrons. The Bertz CT molecular complexity index is 500. The van der Waals surface area contributed by atoms with E-state index in [-0.39, 0.29) is 12.1 Å². The number of hydrogen-bond donors (Lipinski definition) is 2. The maximum absolute atomic E-state index is 5.77. The van der Waals surface area contributed by atoms with E-state index in [2.05, 4.69) is 9.97 Å². The molecule has 0 aliphatic heterocycles. The Kier molecular flexibility index (Phi) is 3.67. The maximum atomic E-state index is 5.77. The molecule has 4 nitrogen and oxygen atoms in total. The van der Waals surface area contributed by atoms with Crippen molar-refractivity contribution >= 4 is 0 Å². The Hall–Kier alpha value is -1.81. The number of aromatic amines is 1. The lowest BCUT2D eigenvalue weighted by Crippen LogP contribution is -2.06. The van der Waals surface area contributed by atoms with Gasteiger partial charge in [-0.05, 0) is 50.6 Å². The number of nitrogens with two attached hydrogens (primary N) is 1. The van der Waals surface area contributed by atoms with Crippen LogP contribution in [-0.2, 0) is 0 Å². The van der Waals surface area contributed by atoms with E-state index < -0.39 is 0 Å². The van der Waals surface area contributed by atoms with Crippen molar-refractivity contribution in [2.45, 2.75) is 32.9 Å². The molecule has 2 rings (SSSR count). The second kappa shape index (κ2) is 5.23. The Morgan fingerprint density at radius 3 is 2.33 bits per heavy atom. The normalized spacial score (nSPS) is 12.7. The first kappa shape index (κ1) is 12.6. The van der Waals surface area contributed by atoms with Crippen LogP contribution < -0.4 is 10.5 Å². The molecule has 1 heterocycles. The van der Waals surface area contributed by atoms with Crippen molar-refractivity contribution in [1.82, 2.24) is 9.97 Å². The number of imidazole rings is 1. The van der Waals surface area contributed by atoms with Gasteiger partial charge >= 0.3 is 0 Å². The molecule has 0 bridgehead atoms. The Labute approximate surface area is 107 Å². The van der Waals surface area contributed by atoms with Crippen LogP contribution in [-0.4, -0.2) is 16.1 Å². The summed E-state index contributed by atoms with van der Waals surface area (Å²) < 4.78 is 5.60. The van der Waals surface area contributed by atoms with E-state index in [1.807, 2.05) is 45.0 Å². The minimum absolute atomic E-state index is 0.0812. The van der Waals surface area contributed by atoms with Gasteiger partial charge in [-0.1, -0.05) is 0 Å². The van der Waals surface area contributed by atoms with E-state index in [9.17, 15) is 0 Å². The van der Waals surface area contributed by atoms with Gasteiger partial charge in [0.05, 0.1) is 24.0 Å². The molecule has 0 fully saturated rings. The zero-order valence-electron chi connectivity index (χ0n) is 11.0. The first-order valence-corrected chi connectivity index (χ1v) is 6.14. The highest BCUT2D eigenvalue weighted by Crippen LogP contribution is 2.22. The van der Waals surface area contributed by atoms with Crippen molar-refractivity contribution in [2.24, 2.45) is 5.73 Å². The maximum Gasteiger partial charge on any atom is 0.123 e. The molecule has 0 aliphatic rings. The number of hydrogen-bond acceptors (Lipinski definition) is 3. The fourth-order valence-corrected chi connectivity index (χ4v) is 1.70. The van der Waals surface area contributed by atoms with Crippen molar-refractivity contribution in [1.29, 1.82) is 0 Å². The quantitative estimate of drug-likeness (QED) is 0.870. The molecule has 1 unspecified atom stereocenters. The van der Waals surface area contributed by atoms with E-state index in [0.29, 0.717) is 0 Å². The van der Waals surface area contributed by atoms with E-state index >= 15 is 0 Å². The minimum atomic E-state index is -0.0812. The average molecular weight is 245 g/mol. The van der Waals surface area contributed by atoms with Gasteiger partial charge < -0.3 is 15.5 Å². The predicted molar refractivity (Wildman–Crippen MR) is 72.4 cm³/mol. The zero-order valence-corrected chi connectivity index (χ0v) is 11.0. The Balaban J connectivity index is 2.17. The van der Waals surface area contributed by atoms with Crippen LogP contribution in [0, 0.1) is 0 Å². The van der Waals surface area contributed by atoms with Crippen molar-refractivity contribution in [2.75, 3.05) is 0 Å². The summed E-state index contributed by atoms with van der Waals surface area (Å²) in [5, 5.41) is 0. The van der Waals surface area contributed by atoms with Crippen LogP contribution in [0.2, 0.25) is 0 Å². The fourth-order valence-electron chi connectivity index (χ4n) is 1.70. The molecule has 0 amide bonds. The summed E-state index contributed by atoms with van der Waals surface area (Å²) in [6.45, 7) is 5.93. The summed E-state index contributed by atoms with van der Waals surface area (Å²) in [5.41, 5.74) is 7.82. The lowest BCUT2D eigenvalue weighted by Gasteiger charge is -2.09. The highest BCUT2D eigenvalue weighted by Gasteiger charge is 2.06. The van der Waals surface area contributed by atoms with E-state index in [1.165, 1.54) is 0 Å². The van der Waals surface area contributed by atoms with Crippen LogP contribution >= 0.6 is 0 Å². The number of rotatable bonds is 4. The first-order chi connectivity index (χ1) is 8.56. The van der Waals surface area contributed by atoms with Crippen LogP contribution in [0.4, 0.5) is 0 Å². The third-order valence-electron chi connectivity index (χ3n) is 2.56. The molecule has 0 aliphatic carbocycles. The third kappa shape index (κ3) is 2.90. The average Bonchev–Trinajstić information content (AvgIpc) is 2.78. The van der Waals surface area contributed by atoms with E-state index in [0.717, 1.165) is 22.8 Å². The van der Waals surface area contributed by atoms with Crippen molar-refractivity contribution in [3.05, 3.63) is 36.3 Å². The van der Waals surface area contributed by atoms with Crippen LogP contribution in [0.3, 0.4) is 0 Å². The van der Waals surface area contributed by atoms with Gasteiger partial charge in [0, 0.05) is 0 Å². The molecule has 3 N–H and O–H groups in total. The first-order valence-electron chi connectivity index (χ1n) is 6.14. The van der Waals surface area contributed by atoms with Crippen LogP contribution in [0.15, 0.2) is 30.5 Å². The molecule has 0 spiro atoms. The highest BCUT2D eigenvalue weighted by atomic mass is 16.5. The van der Waals surface area contributed by atoms with Gasteiger partial charge in [0.1, 0.15) is 11.6 Å². The molecular formula is C14H19N3O. The molecule has 4 heteroatoms. The third-order valence-corrected chi connectivity index (χ3v) is 2.56. The SMILES string of the molecule is CC(C)Oc1ccc(-c2cnc(C(C)N)[nH]2)cc1. The van der Waals surface area contributed by atoms with Crippen molar-refractivity contribution < 1.29 is 4.74 Å². The van der Waals surface area contributed by atoms with Gasteiger partial charge in [-0.2, -0.15) is 0 Å². The molecule has 0 saturated carbocycles. The lowest BCUT2D eigenvalue weighted by atomic mass is 10.1. The zero-order chi connectivity index (χ0) is 13.1. The van der Waals surface area contributed by atoms with Gasteiger partial charge in [-0.25, -0.2) is 4.98 Å². The van der Waals surface area contributed by atoms with Gasteiger partial charge in [-0.3, -0.25) is 0 Å². The van der Waals surface area contributed by atoms with Crippen LogP contribution in [0.1, 0.15) is 32.6 Å². The smallest absolute Gasteiger partial charge is 0.123 e. The van der Waals surface area contributed by atoms with E-state index in [1.54, 1.807) is 6.20 Å². The Morgan fingerprint density at radius 1 is 1.17 bits per heavy atom. The summed E-state index contributed by atoms with van der Waals surface area (Å²) in [6.07, 6.45) is 1.99.